The second kappa shape index (κ2) is 6.53. The van der Waals surface area contributed by atoms with E-state index < -0.39 is 17.9 Å². The zero-order chi connectivity index (χ0) is 18.3. The third kappa shape index (κ3) is 3.40. The Morgan fingerprint density at radius 2 is 2.12 bits per heavy atom. The van der Waals surface area contributed by atoms with Gasteiger partial charge >= 0.3 is 0 Å². The third-order valence-corrected chi connectivity index (χ3v) is 5.41. The van der Waals surface area contributed by atoms with Crippen LogP contribution < -0.4 is 5.32 Å². The van der Waals surface area contributed by atoms with Gasteiger partial charge in [0.25, 0.3) is 5.91 Å². The van der Waals surface area contributed by atoms with Crippen molar-refractivity contribution in [3.8, 4) is 0 Å². The molecule has 4 rings (SSSR count). The predicted molar refractivity (Wildman–Crippen MR) is 86.3 cm³/mol. The SMILES string of the molecule is O=C(Nc1cnccn1)[C@@H]1C[C@@H]2CCN(C(=O)C3CC(F)(F)C3)C[C@H]2O1. The number of alkyl halides is 2. The van der Waals surface area contributed by atoms with Crippen molar-refractivity contribution in [3.63, 3.8) is 0 Å². The number of rotatable bonds is 3. The second-order valence-corrected chi connectivity index (χ2v) is 7.27. The molecule has 0 spiro atoms. The Hall–Kier alpha value is -2.16. The minimum absolute atomic E-state index is 0.194. The second-order valence-electron chi connectivity index (χ2n) is 7.27. The molecule has 0 bridgehead atoms. The lowest BCUT2D eigenvalue weighted by Crippen LogP contribution is -2.52. The molecule has 2 saturated heterocycles. The van der Waals surface area contributed by atoms with Gasteiger partial charge in [-0.3, -0.25) is 14.6 Å². The molecule has 140 valence electrons. The van der Waals surface area contributed by atoms with E-state index in [4.69, 9.17) is 4.74 Å². The highest BCUT2D eigenvalue weighted by atomic mass is 19.3. The summed E-state index contributed by atoms with van der Waals surface area (Å²) in [5.41, 5.74) is 0. The third-order valence-electron chi connectivity index (χ3n) is 5.41. The highest BCUT2D eigenvalue weighted by molar-refractivity contribution is 5.93. The zero-order valence-electron chi connectivity index (χ0n) is 14.1. The first-order valence-corrected chi connectivity index (χ1v) is 8.80. The average Bonchev–Trinajstić information content (AvgIpc) is 3.03. The fraction of sp³-hybridized carbons (Fsp3) is 0.647. The Balaban J connectivity index is 1.32. The summed E-state index contributed by atoms with van der Waals surface area (Å²) in [6.45, 7) is 0.893. The summed E-state index contributed by atoms with van der Waals surface area (Å²) in [6.07, 6.45) is 4.20. The molecule has 1 N–H and O–H groups in total. The van der Waals surface area contributed by atoms with E-state index in [1.54, 1.807) is 4.90 Å². The van der Waals surface area contributed by atoms with Crippen LogP contribution in [-0.4, -0.2) is 57.9 Å². The highest BCUT2D eigenvalue weighted by Crippen LogP contribution is 2.44. The van der Waals surface area contributed by atoms with E-state index in [1.807, 2.05) is 0 Å². The van der Waals surface area contributed by atoms with Gasteiger partial charge in [-0.25, -0.2) is 13.8 Å². The van der Waals surface area contributed by atoms with Crippen LogP contribution in [0.5, 0.6) is 0 Å². The fourth-order valence-corrected chi connectivity index (χ4v) is 3.96. The first-order valence-electron chi connectivity index (χ1n) is 8.80. The molecular weight excluding hydrogens is 346 g/mol. The first kappa shape index (κ1) is 17.3. The van der Waals surface area contributed by atoms with E-state index in [-0.39, 0.29) is 36.7 Å². The average molecular weight is 366 g/mol. The molecule has 1 aromatic rings. The van der Waals surface area contributed by atoms with E-state index in [2.05, 4.69) is 15.3 Å². The van der Waals surface area contributed by atoms with Crippen LogP contribution in [-0.2, 0) is 14.3 Å². The van der Waals surface area contributed by atoms with E-state index in [0.717, 1.165) is 0 Å². The van der Waals surface area contributed by atoms with Gasteiger partial charge in [0, 0.05) is 44.2 Å². The van der Waals surface area contributed by atoms with Gasteiger partial charge in [-0.1, -0.05) is 0 Å². The molecule has 1 saturated carbocycles. The number of carbonyl (C=O) groups is 2. The van der Waals surface area contributed by atoms with Gasteiger partial charge in [-0.15, -0.1) is 0 Å². The van der Waals surface area contributed by atoms with E-state index in [9.17, 15) is 18.4 Å². The van der Waals surface area contributed by atoms with Crippen LogP contribution in [0.3, 0.4) is 0 Å². The first-order chi connectivity index (χ1) is 12.4. The number of likely N-dealkylation sites (tertiary alicyclic amines) is 1. The maximum absolute atomic E-state index is 13.0. The maximum atomic E-state index is 13.0. The summed E-state index contributed by atoms with van der Waals surface area (Å²) in [5, 5.41) is 2.67. The summed E-state index contributed by atoms with van der Waals surface area (Å²) >= 11 is 0. The van der Waals surface area contributed by atoms with Gasteiger partial charge in [-0.2, -0.15) is 0 Å². The van der Waals surface area contributed by atoms with Crippen molar-refractivity contribution in [3.05, 3.63) is 18.6 Å². The number of aromatic nitrogens is 2. The van der Waals surface area contributed by atoms with Crippen LogP contribution in [0, 0.1) is 11.8 Å². The molecule has 3 aliphatic rings. The van der Waals surface area contributed by atoms with Crippen molar-refractivity contribution >= 4 is 17.6 Å². The Bertz CT molecular complexity index is 695. The van der Waals surface area contributed by atoms with Crippen LogP contribution in [0.2, 0.25) is 0 Å². The molecule has 1 aromatic heterocycles. The van der Waals surface area contributed by atoms with E-state index >= 15 is 0 Å². The summed E-state index contributed by atoms with van der Waals surface area (Å²) in [4.78, 5) is 34.2. The van der Waals surface area contributed by atoms with Crippen LogP contribution in [0.4, 0.5) is 14.6 Å². The Kier molecular flexibility index (Phi) is 4.34. The standard InChI is InChI=1S/C17H20F2N4O3/c18-17(19)6-11(7-17)16(25)23-4-1-10-5-12(26-13(10)9-23)15(24)22-14-8-20-2-3-21-14/h2-3,8,10-13H,1,4-7,9H2,(H,21,22,24)/t10-,12-,13+/m0/s1. The van der Waals surface area contributed by atoms with Crippen molar-refractivity contribution in [2.24, 2.45) is 11.8 Å². The molecule has 0 radical (unpaired) electrons. The molecule has 2 amide bonds. The van der Waals surface area contributed by atoms with Crippen LogP contribution >= 0.6 is 0 Å². The topological polar surface area (TPSA) is 84.4 Å². The molecule has 3 heterocycles. The number of amides is 2. The highest BCUT2D eigenvalue weighted by Gasteiger charge is 2.51. The summed E-state index contributed by atoms with van der Waals surface area (Å²) in [7, 11) is 0. The maximum Gasteiger partial charge on any atom is 0.254 e. The summed E-state index contributed by atoms with van der Waals surface area (Å²) < 4.78 is 31.9. The number of carbonyl (C=O) groups excluding carboxylic acids is 2. The van der Waals surface area contributed by atoms with Crippen molar-refractivity contribution in [2.45, 2.75) is 43.8 Å². The number of fused-ring (bicyclic) bond motifs is 1. The lowest BCUT2D eigenvalue weighted by molar-refractivity contribution is -0.163. The molecule has 1 aliphatic carbocycles. The molecule has 2 aliphatic heterocycles. The largest absolute Gasteiger partial charge is 0.363 e. The minimum Gasteiger partial charge on any atom is -0.363 e. The molecule has 3 atom stereocenters. The van der Waals surface area contributed by atoms with Crippen LogP contribution in [0.1, 0.15) is 25.7 Å². The summed E-state index contributed by atoms with van der Waals surface area (Å²) in [5.74, 6) is -3.23. The van der Waals surface area contributed by atoms with Crippen LogP contribution in [0.25, 0.3) is 0 Å². The Morgan fingerprint density at radius 1 is 1.31 bits per heavy atom. The lowest BCUT2D eigenvalue weighted by atomic mass is 9.79. The van der Waals surface area contributed by atoms with Gasteiger partial charge in [0.2, 0.25) is 11.8 Å². The van der Waals surface area contributed by atoms with Crippen molar-refractivity contribution in [2.75, 3.05) is 18.4 Å². The predicted octanol–water partition coefficient (Wildman–Crippen LogP) is 1.47. The van der Waals surface area contributed by atoms with Gasteiger partial charge < -0.3 is 15.0 Å². The monoisotopic (exact) mass is 366 g/mol. The number of anilines is 1. The Labute approximate surface area is 149 Å². The van der Waals surface area contributed by atoms with Crippen molar-refractivity contribution < 1.29 is 23.1 Å². The number of piperidine rings is 1. The molecule has 26 heavy (non-hydrogen) atoms. The fourth-order valence-electron chi connectivity index (χ4n) is 3.96. The molecule has 0 aromatic carbocycles. The van der Waals surface area contributed by atoms with Crippen molar-refractivity contribution in [1.82, 2.24) is 14.9 Å². The smallest absolute Gasteiger partial charge is 0.254 e. The zero-order valence-corrected chi connectivity index (χ0v) is 14.1. The minimum atomic E-state index is -2.70. The van der Waals surface area contributed by atoms with Gasteiger partial charge in [-0.05, 0) is 18.8 Å². The molecule has 9 heteroatoms. The molecule has 0 unspecified atom stereocenters. The van der Waals surface area contributed by atoms with Gasteiger partial charge in [0.15, 0.2) is 5.82 Å². The number of nitrogens with one attached hydrogen (secondary N) is 1. The van der Waals surface area contributed by atoms with Gasteiger partial charge in [0.05, 0.1) is 12.3 Å². The molecular formula is C17H20F2N4O3. The van der Waals surface area contributed by atoms with E-state index in [0.29, 0.717) is 31.7 Å². The van der Waals surface area contributed by atoms with Crippen LogP contribution in [0.15, 0.2) is 18.6 Å². The Morgan fingerprint density at radius 3 is 2.81 bits per heavy atom. The lowest BCUT2D eigenvalue weighted by Gasteiger charge is -2.40. The van der Waals surface area contributed by atoms with E-state index in [1.165, 1.54) is 18.6 Å². The molecule has 3 fully saturated rings. The normalized spacial score (nSPS) is 30.4. The number of hydrogen-bond acceptors (Lipinski definition) is 5. The van der Waals surface area contributed by atoms with Crippen molar-refractivity contribution in [1.29, 1.82) is 0 Å². The number of hydrogen-bond donors (Lipinski definition) is 1. The van der Waals surface area contributed by atoms with Gasteiger partial charge in [0.1, 0.15) is 6.10 Å². The number of nitrogens with zero attached hydrogens (tertiary/aromatic N) is 3. The number of ether oxygens (including phenoxy) is 1. The number of halogens is 2. The summed E-state index contributed by atoms with van der Waals surface area (Å²) in [6, 6.07) is 0. The quantitative estimate of drug-likeness (QED) is 0.876. The molecule has 7 nitrogen and oxygen atoms in total.